The maximum atomic E-state index is 11.2. The third-order valence-corrected chi connectivity index (χ3v) is 3.44. The number of thiocarbonyl (C=S) groups is 2. The van der Waals surface area contributed by atoms with E-state index < -0.39 is 12.2 Å². The summed E-state index contributed by atoms with van der Waals surface area (Å²) in [6.07, 6.45) is -1.47. The Labute approximate surface area is 158 Å². The molecule has 2 amide bonds. The van der Waals surface area contributed by atoms with E-state index in [0.29, 0.717) is 16.3 Å². The van der Waals surface area contributed by atoms with Crippen LogP contribution in [0.25, 0.3) is 0 Å². The van der Waals surface area contributed by atoms with Crippen LogP contribution in [0.2, 0.25) is 0 Å². The molecule has 1 aromatic carbocycles. The Morgan fingerprint density at radius 2 is 1.56 bits per heavy atom. The minimum Gasteiger partial charge on any atom is -0.453 e. The van der Waals surface area contributed by atoms with Gasteiger partial charge in [0.1, 0.15) is 5.40 Å². The molecule has 0 saturated heterocycles. The fourth-order valence-corrected chi connectivity index (χ4v) is 2.25. The van der Waals surface area contributed by atoms with E-state index >= 15 is 0 Å². The molecule has 132 valence electrons. The van der Waals surface area contributed by atoms with Gasteiger partial charge in [-0.05, 0) is 54.4 Å². The number of ether oxygens (including phenoxy) is 2. The van der Waals surface area contributed by atoms with Gasteiger partial charge in [-0.2, -0.15) is 5.26 Å². The molecule has 1 rings (SSSR count). The lowest BCUT2D eigenvalue weighted by Crippen LogP contribution is -2.35. The largest absolute Gasteiger partial charge is 0.453 e. The van der Waals surface area contributed by atoms with Gasteiger partial charge < -0.3 is 20.1 Å². The summed E-state index contributed by atoms with van der Waals surface area (Å²) in [6.45, 7) is 0. The smallest absolute Gasteiger partial charge is 0.413 e. The van der Waals surface area contributed by atoms with Crippen LogP contribution in [0.5, 0.6) is 0 Å². The highest BCUT2D eigenvalue weighted by atomic mass is 32.2. The average Bonchev–Trinajstić information content (AvgIpc) is 2.57. The van der Waals surface area contributed by atoms with Crippen LogP contribution >= 0.6 is 36.2 Å². The van der Waals surface area contributed by atoms with E-state index in [0.717, 1.165) is 11.8 Å². The van der Waals surface area contributed by atoms with Crippen LogP contribution in [0, 0.1) is 10.7 Å². The molecule has 0 spiro atoms. The first-order chi connectivity index (χ1) is 11.9. The van der Waals surface area contributed by atoms with Gasteiger partial charge >= 0.3 is 12.2 Å². The fraction of sp³-hybridized carbons (Fsp3) is 0.154. The third-order valence-electron chi connectivity index (χ3n) is 2.45. The summed E-state index contributed by atoms with van der Waals surface area (Å²) in [7, 11) is 2.40. The van der Waals surface area contributed by atoms with Crippen molar-refractivity contribution in [3.8, 4) is 5.40 Å². The van der Waals surface area contributed by atoms with Crippen molar-refractivity contribution in [2.45, 2.75) is 4.90 Å². The Morgan fingerprint density at radius 1 is 1.04 bits per heavy atom. The lowest BCUT2D eigenvalue weighted by molar-refractivity contribution is 0.176. The van der Waals surface area contributed by atoms with E-state index in [1.165, 1.54) is 14.2 Å². The maximum Gasteiger partial charge on any atom is 0.413 e. The second kappa shape index (κ2) is 10.3. The van der Waals surface area contributed by atoms with E-state index in [2.05, 4.69) is 30.7 Å². The molecule has 0 aliphatic rings. The van der Waals surface area contributed by atoms with Gasteiger partial charge in [-0.25, -0.2) is 9.59 Å². The van der Waals surface area contributed by atoms with Crippen molar-refractivity contribution in [2.75, 3.05) is 24.9 Å². The number of amides is 2. The first kappa shape index (κ1) is 20.4. The van der Waals surface area contributed by atoms with Crippen molar-refractivity contribution in [3.63, 3.8) is 0 Å². The summed E-state index contributed by atoms with van der Waals surface area (Å²) < 4.78 is 8.90. The van der Waals surface area contributed by atoms with E-state index in [9.17, 15) is 9.59 Å². The molecule has 0 unspecified atom stereocenters. The minimum absolute atomic E-state index is 0.0116. The molecule has 0 atom stereocenters. The van der Waals surface area contributed by atoms with E-state index in [4.69, 9.17) is 29.7 Å². The topological polar surface area (TPSA) is 125 Å². The Kier molecular flexibility index (Phi) is 8.40. The predicted octanol–water partition coefficient (Wildman–Crippen LogP) is 2.37. The van der Waals surface area contributed by atoms with Gasteiger partial charge in [-0.3, -0.25) is 10.6 Å². The molecule has 0 saturated carbocycles. The number of thiocyanates is 1. The SMILES string of the molecule is COC(=O)NC(=S)Nc1ccc(SC#N)cc1NC(=S)NC(=O)OC. The van der Waals surface area contributed by atoms with Crippen molar-refractivity contribution < 1.29 is 19.1 Å². The Balaban J connectivity index is 2.97. The number of benzene rings is 1. The quantitative estimate of drug-likeness (QED) is 0.342. The van der Waals surface area contributed by atoms with Crippen molar-refractivity contribution in [2.24, 2.45) is 0 Å². The summed E-state index contributed by atoms with van der Waals surface area (Å²) in [5, 5.41) is 20.8. The van der Waals surface area contributed by atoms with Crippen LogP contribution in [-0.2, 0) is 9.47 Å². The Morgan fingerprint density at radius 3 is 2.04 bits per heavy atom. The predicted molar refractivity (Wildman–Crippen MR) is 101 cm³/mol. The molecule has 12 heteroatoms. The zero-order valence-electron chi connectivity index (χ0n) is 13.0. The summed E-state index contributed by atoms with van der Waals surface area (Å²) in [4.78, 5) is 23.0. The van der Waals surface area contributed by atoms with Gasteiger partial charge in [0.25, 0.3) is 0 Å². The summed E-state index contributed by atoms with van der Waals surface area (Å²) in [5.41, 5.74) is 0.855. The highest BCUT2D eigenvalue weighted by Gasteiger charge is 2.11. The molecule has 9 nitrogen and oxygen atoms in total. The Hall–Kier alpha value is -2.62. The molecule has 4 N–H and O–H groups in total. The fourth-order valence-electron chi connectivity index (χ4n) is 1.45. The highest BCUT2D eigenvalue weighted by Crippen LogP contribution is 2.28. The second-order valence-corrected chi connectivity index (χ2v) is 5.72. The Bertz CT molecular complexity index is 735. The van der Waals surface area contributed by atoms with Crippen LogP contribution in [0.3, 0.4) is 0 Å². The molecular formula is C13H13N5O4S3. The van der Waals surface area contributed by atoms with Crippen molar-refractivity contribution in [1.82, 2.24) is 10.6 Å². The number of rotatable bonds is 3. The standard InChI is InChI=1S/C13H13N5O4S3/c1-21-12(19)17-10(23)15-8-4-3-7(25-6-14)5-9(8)16-11(24)18-13(20)22-2/h3-5H,1-2H3,(H2,15,17,19,23)(H2,16,18,20,24). The number of nitrogens with zero attached hydrogens (tertiary/aromatic N) is 1. The number of methoxy groups -OCH3 is 2. The number of anilines is 2. The number of hydrogen-bond donors (Lipinski definition) is 4. The van der Waals surface area contributed by atoms with Gasteiger partial charge in [0, 0.05) is 4.90 Å². The zero-order valence-corrected chi connectivity index (χ0v) is 15.5. The maximum absolute atomic E-state index is 11.2. The molecule has 0 fully saturated rings. The number of nitriles is 1. The molecule has 0 radical (unpaired) electrons. The van der Waals surface area contributed by atoms with Gasteiger partial charge in [-0.1, -0.05) is 0 Å². The minimum atomic E-state index is -0.738. The monoisotopic (exact) mass is 399 g/mol. The first-order valence-electron chi connectivity index (χ1n) is 6.41. The van der Waals surface area contributed by atoms with Crippen LogP contribution in [-0.4, -0.2) is 36.6 Å². The lowest BCUT2D eigenvalue weighted by atomic mass is 10.2. The number of alkyl carbamates (subject to hydrolysis) is 2. The molecule has 25 heavy (non-hydrogen) atoms. The molecular weight excluding hydrogens is 386 g/mol. The zero-order chi connectivity index (χ0) is 18.8. The number of carbonyl (C=O) groups excluding carboxylic acids is 2. The van der Waals surface area contributed by atoms with Crippen LogP contribution in [0.1, 0.15) is 0 Å². The normalized spacial score (nSPS) is 9.16. The number of hydrogen-bond acceptors (Lipinski definition) is 8. The van der Waals surface area contributed by atoms with Crippen LogP contribution in [0.4, 0.5) is 21.0 Å². The van der Waals surface area contributed by atoms with E-state index in [-0.39, 0.29) is 10.2 Å². The van der Waals surface area contributed by atoms with Crippen LogP contribution < -0.4 is 21.3 Å². The van der Waals surface area contributed by atoms with Crippen molar-refractivity contribution in [3.05, 3.63) is 18.2 Å². The first-order valence-corrected chi connectivity index (χ1v) is 8.04. The molecule has 0 aromatic heterocycles. The van der Waals surface area contributed by atoms with E-state index in [1.54, 1.807) is 18.2 Å². The summed E-state index contributed by atoms with van der Waals surface area (Å²) >= 11 is 10.9. The molecule has 1 aromatic rings. The highest BCUT2D eigenvalue weighted by molar-refractivity contribution is 8.03. The van der Waals surface area contributed by atoms with Crippen LogP contribution in [0.15, 0.2) is 23.1 Å². The van der Waals surface area contributed by atoms with Crippen molar-refractivity contribution in [1.29, 1.82) is 5.26 Å². The second-order valence-electron chi connectivity index (χ2n) is 4.04. The lowest BCUT2D eigenvalue weighted by Gasteiger charge is -2.16. The third kappa shape index (κ3) is 7.21. The molecule has 0 heterocycles. The van der Waals surface area contributed by atoms with Gasteiger partial charge in [0.2, 0.25) is 0 Å². The molecule has 0 aliphatic carbocycles. The van der Waals surface area contributed by atoms with Gasteiger partial charge in [0.15, 0.2) is 10.2 Å². The molecule has 0 aliphatic heterocycles. The summed E-state index contributed by atoms with van der Waals surface area (Å²) in [5.74, 6) is 0. The van der Waals surface area contributed by atoms with E-state index in [1.807, 2.05) is 5.40 Å². The number of nitrogens with one attached hydrogen (secondary N) is 4. The van der Waals surface area contributed by atoms with Gasteiger partial charge in [-0.15, -0.1) is 0 Å². The molecule has 0 bridgehead atoms. The van der Waals surface area contributed by atoms with Gasteiger partial charge in [0.05, 0.1) is 25.6 Å². The number of thioether (sulfide) groups is 1. The number of carbonyl (C=O) groups is 2. The average molecular weight is 399 g/mol. The summed E-state index contributed by atoms with van der Waals surface area (Å²) in [6, 6.07) is 4.90. The van der Waals surface area contributed by atoms with Crippen molar-refractivity contribution >= 4 is 70.0 Å².